The number of carbonyl (C=O) groups is 2. The van der Waals surface area contributed by atoms with E-state index in [1.165, 1.54) is 0 Å². The van der Waals surface area contributed by atoms with Gasteiger partial charge in [-0.2, -0.15) is 5.10 Å². The molecule has 6 nitrogen and oxygen atoms in total. The fraction of sp³-hybridized carbons (Fsp3) is 0.188. The monoisotopic (exact) mass is 330 g/mol. The van der Waals surface area contributed by atoms with Gasteiger partial charge >= 0.3 is 5.97 Å². The first-order valence-corrected chi connectivity index (χ1v) is 7.85. The molecule has 23 heavy (non-hydrogen) atoms. The molecule has 0 spiro atoms. The predicted molar refractivity (Wildman–Crippen MR) is 86.2 cm³/mol. The van der Waals surface area contributed by atoms with E-state index in [4.69, 9.17) is 9.47 Å². The van der Waals surface area contributed by atoms with Crippen molar-refractivity contribution in [3.63, 3.8) is 0 Å². The molecule has 1 N–H and O–H groups in total. The number of allylic oxidation sites excluding steroid dienone is 1. The molecule has 7 heteroatoms. The van der Waals surface area contributed by atoms with Crippen LogP contribution in [0.2, 0.25) is 0 Å². The minimum absolute atomic E-state index is 0.277. The third kappa shape index (κ3) is 2.87. The lowest BCUT2D eigenvalue weighted by molar-refractivity contribution is -0.137. The number of hydrogen-bond acceptors (Lipinski definition) is 6. The van der Waals surface area contributed by atoms with Crippen molar-refractivity contribution in [3.05, 3.63) is 57.2 Å². The summed E-state index contributed by atoms with van der Waals surface area (Å²) in [5.41, 5.74) is 4.05. The van der Waals surface area contributed by atoms with Gasteiger partial charge in [0.15, 0.2) is 5.09 Å². The van der Waals surface area contributed by atoms with Crippen LogP contribution < -0.4 is 5.43 Å². The van der Waals surface area contributed by atoms with Crippen molar-refractivity contribution in [2.45, 2.75) is 13.8 Å². The van der Waals surface area contributed by atoms with Crippen molar-refractivity contribution in [1.29, 1.82) is 0 Å². The summed E-state index contributed by atoms with van der Waals surface area (Å²) in [6, 6.07) is 9.31. The average molecular weight is 330 g/mol. The second kappa shape index (κ2) is 6.29. The molecule has 0 aromatic heterocycles. The highest BCUT2D eigenvalue weighted by Crippen LogP contribution is 2.41. The number of nitrogens with one attached hydrogen (secondary N) is 1. The Kier molecular flexibility index (Phi) is 4.20. The van der Waals surface area contributed by atoms with Crippen LogP contribution in [0.1, 0.15) is 19.4 Å². The summed E-state index contributed by atoms with van der Waals surface area (Å²) in [5, 5.41) is 4.41. The fourth-order valence-electron chi connectivity index (χ4n) is 2.18. The van der Waals surface area contributed by atoms with Crippen LogP contribution in [0.4, 0.5) is 0 Å². The molecule has 2 aliphatic rings. The maximum Gasteiger partial charge on any atom is 0.348 e. The molecular weight excluding hydrogens is 316 g/mol. The minimum Gasteiger partial charge on any atom is -0.462 e. The molecule has 1 aromatic rings. The molecule has 0 saturated carbocycles. The number of nitrogens with zero attached hydrogens (tertiary/aromatic N) is 1. The van der Waals surface area contributed by atoms with E-state index < -0.39 is 5.97 Å². The Labute approximate surface area is 137 Å². The summed E-state index contributed by atoms with van der Waals surface area (Å²) >= 11 is 1.09. The molecule has 0 fully saturated rings. The summed E-state index contributed by atoms with van der Waals surface area (Å²) in [5.74, 6) is -0.394. The Morgan fingerprint density at radius 2 is 2.09 bits per heavy atom. The van der Waals surface area contributed by atoms with Crippen molar-refractivity contribution >= 4 is 29.4 Å². The van der Waals surface area contributed by atoms with Gasteiger partial charge in [-0.3, -0.25) is 4.79 Å². The molecule has 118 valence electrons. The summed E-state index contributed by atoms with van der Waals surface area (Å²) in [4.78, 5) is 24.4. The van der Waals surface area contributed by atoms with E-state index in [0.717, 1.165) is 17.3 Å². The first-order valence-electron chi connectivity index (χ1n) is 7.03. The summed E-state index contributed by atoms with van der Waals surface area (Å²) in [6.07, 6.45) is 0. The van der Waals surface area contributed by atoms with Crippen LogP contribution >= 0.6 is 11.8 Å². The molecule has 1 amide bonds. The minimum atomic E-state index is -0.456. The zero-order valence-corrected chi connectivity index (χ0v) is 13.4. The van der Waals surface area contributed by atoms with Gasteiger partial charge in [-0.1, -0.05) is 30.3 Å². The zero-order chi connectivity index (χ0) is 16.4. The summed E-state index contributed by atoms with van der Waals surface area (Å²) in [7, 11) is 0. The van der Waals surface area contributed by atoms with E-state index in [0.29, 0.717) is 27.0 Å². The smallest absolute Gasteiger partial charge is 0.348 e. The molecule has 2 heterocycles. The Hall–Kier alpha value is -2.54. The van der Waals surface area contributed by atoms with E-state index in [2.05, 4.69) is 10.5 Å². The highest BCUT2D eigenvalue weighted by molar-refractivity contribution is 8.07. The van der Waals surface area contributed by atoms with Crippen molar-refractivity contribution in [2.75, 3.05) is 6.61 Å². The van der Waals surface area contributed by atoms with E-state index in [-0.39, 0.29) is 12.5 Å². The second-order valence-electron chi connectivity index (χ2n) is 4.74. The Bertz CT molecular complexity index is 766. The van der Waals surface area contributed by atoms with Gasteiger partial charge in [-0.15, -0.1) is 0 Å². The first-order chi connectivity index (χ1) is 11.1. The van der Waals surface area contributed by atoms with Crippen LogP contribution in [0, 0.1) is 0 Å². The standard InChI is InChI=1S/C16H14N2O4S/c1-3-21-15(20)13-9(2)22-16(23-13)11-12(17-18-14(11)19)10-7-5-4-6-8-10/h4-8H,3H2,1-2H3,(H,18,19)/b16-11-. The molecule has 0 saturated heterocycles. The number of amides is 1. The SMILES string of the molecule is CCOC(=O)C1=C(C)O/C(=C2/C(=O)NN=C2c2ccccc2)S1. The van der Waals surface area contributed by atoms with Crippen LogP contribution in [-0.4, -0.2) is 24.2 Å². The number of hydrazone groups is 1. The topological polar surface area (TPSA) is 77.0 Å². The number of carbonyl (C=O) groups excluding carboxylic acids is 2. The Morgan fingerprint density at radius 1 is 1.35 bits per heavy atom. The third-order valence-corrected chi connectivity index (χ3v) is 4.34. The number of hydrogen-bond donors (Lipinski definition) is 1. The molecule has 1 aromatic carbocycles. The third-order valence-electron chi connectivity index (χ3n) is 3.21. The summed E-state index contributed by atoms with van der Waals surface area (Å²) < 4.78 is 10.6. The molecular formula is C16H14N2O4S. The van der Waals surface area contributed by atoms with Crippen molar-refractivity contribution in [1.82, 2.24) is 5.43 Å². The van der Waals surface area contributed by atoms with Crippen LogP contribution in [0.15, 0.2) is 56.8 Å². The normalized spacial score (nSPS) is 20.3. The first kappa shape index (κ1) is 15.4. The van der Waals surface area contributed by atoms with E-state index in [9.17, 15) is 9.59 Å². The average Bonchev–Trinajstić information content (AvgIpc) is 3.11. The number of thioether (sulfide) groups is 1. The van der Waals surface area contributed by atoms with Gasteiger partial charge in [0, 0.05) is 5.56 Å². The van der Waals surface area contributed by atoms with Gasteiger partial charge in [0.1, 0.15) is 21.9 Å². The lowest BCUT2D eigenvalue weighted by Crippen LogP contribution is -2.15. The lowest BCUT2D eigenvalue weighted by atomic mass is 10.0. The van der Waals surface area contributed by atoms with Crippen LogP contribution in [0.25, 0.3) is 0 Å². The molecule has 3 rings (SSSR count). The van der Waals surface area contributed by atoms with E-state index in [1.54, 1.807) is 13.8 Å². The van der Waals surface area contributed by atoms with Gasteiger partial charge in [0.25, 0.3) is 5.91 Å². The number of rotatable bonds is 3. The Morgan fingerprint density at radius 3 is 2.78 bits per heavy atom. The van der Waals surface area contributed by atoms with Gasteiger partial charge in [-0.05, 0) is 25.6 Å². The van der Waals surface area contributed by atoms with Crippen LogP contribution in [0.3, 0.4) is 0 Å². The van der Waals surface area contributed by atoms with Gasteiger partial charge in [0.2, 0.25) is 0 Å². The quantitative estimate of drug-likeness (QED) is 0.680. The van der Waals surface area contributed by atoms with Gasteiger partial charge < -0.3 is 9.47 Å². The molecule has 0 radical (unpaired) electrons. The number of benzene rings is 1. The molecule has 2 aliphatic heterocycles. The number of ether oxygens (including phenoxy) is 2. The number of esters is 1. The molecule has 0 aliphatic carbocycles. The van der Waals surface area contributed by atoms with E-state index >= 15 is 0 Å². The molecule has 0 atom stereocenters. The molecule has 0 bridgehead atoms. The molecule has 0 unspecified atom stereocenters. The van der Waals surface area contributed by atoms with Crippen molar-refractivity contribution in [2.24, 2.45) is 5.10 Å². The van der Waals surface area contributed by atoms with Gasteiger partial charge in [-0.25, -0.2) is 10.2 Å². The van der Waals surface area contributed by atoms with Crippen LogP contribution in [0.5, 0.6) is 0 Å². The highest BCUT2D eigenvalue weighted by Gasteiger charge is 2.35. The fourth-order valence-corrected chi connectivity index (χ4v) is 3.15. The zero-order valence-electron chi connectivity index (χ0n) is 12.6. The van der Waals surface area contributed by atoms with Crippen molar-refractivity contribution < 1.29 is 19.1 Å². The second-order valence-corrected chi connectivity index (χ2v) is 5.72. The largest absolute Gasteiger partial charge is 0.462 e. The van der Waals surface area contributed by atoms with Crippen molar-refractivity contribution in [3.8, 4) is 0 Å². The summed E-state index contributed by atoms with van der Waals surface area (Å²) in [6.45, 7) is 3.68. The Balaban J connectivity index is 1.94. The van der Waals surface area contributed by atoms with Gasteiger partial charge in [0.05, 0.1) is 6.61 Å². The predicted octanol–water partition coefficient (Wildman–Crippen LogP) is 2.29. The lowest BCUT2D eigenvalue weighted by Gasteiger charge is -2.05. The maximum atomic E-state index is 12.1. The maximum absolute atomic E-state index is 12.1. The van der Waals surface area contributed by atoms with Crippen LogP contribution in [-0.2, 0) is 19.1 Å². The highest BCUT2D eigenvalue weighted by atomic mass is 32.2. The van der Waals surface area contributed by atoms with E-state index in [1.807, 2.05) is 30.3 Å².